The van der Waals surface area contributed by atoms with E-state index >= 15 is 0 Å². The molecular weight excluding hydrogens is 134 g/mol. The van der Waals surface area contributed by atoms with E-state index in [1.807, 2.05) is 6.92 Å². The first-order valence-corrected chi connectivity index (χ1v) is 4.02. The molecule has 3 unspecified atom stereocenters. The second-order valence-electron chi connectivity index (χ2n) is 3.09. The monoisotopic (exact) mass is 148 g/mol. The van der Waals surface area contributed by atoms with Crippen LogP contribution in [-0.4, -0.2) is 12.3 Å². The van der Waals surface area contributed by atoms with E-state index in [9.17, 15) is 8.78 Å². The fourth-order valence-corrected chi connectivity index (χ4v) is 1.59. The van der Waals surface area contributed by atoms with Crippen molar-refractivity contribution < 1.29 is 8.78 Å². The van der Waals surface area contributed by atoms with E-state index in [1.54, 1.807) is 0 Å². The molecule has 0 aliphatic heterocycles. The number of halogens is 2. The summed E-state index contributed by atoms with van der Waals surface area (Å²) in [4.78, 5) is 0. The van der Waals surface area contributed by atoms with Crippen LogP contribution in [0, 0.1) is 5.92 Å². The van der Waals surface area contributed by atoms with Crippen LogP contribution in [0.5, 0.6) is 0 Å². The predicted octanol–water partition coefficient (Wildman–Crippen LogP) is 2.87. The van der Waals surface area contributed by atoms with Crippen LogP contribution in [0.3, 0.4) is 0 Å². The smallest absolute Gasteiger partial charge is 0.106 e. The number of rotatable bonds is 1. The van der Waals surface area contributed by atoms with Crippen molar-refractivity contribution in [1.82, 2.24) is 0 Å². The molecule has 3 atom stereocenters. The van der Waals surface area contributed by atoms with Gasteiger partial charge in [-0.05, 0) is 18.8 Å². The van der Waals surface area contributed by atoms with E-state index in [1.165, 1.54) is 0 Å². The molecule has 2 heteroatoms. The molecule has 0 radical (unpaired) electrons. The van der Waals surface area contributed by atoms with Gasteiger partial charge in [0.25, 0.3) is 0 Å². The SMILES string of the molecule is CCC1CCC(F)CC1F. The van der Waals surface area contributed by atoms with E-state index in [-0.39, 0.29) is 12.3 Å². The molecule has 1 rings (SSSR count). The van der Waals surface area contributed by atoms with Gasteiger partial charge in [-0.25, -0.2) is 8.78 Å². The molecule has 0 saturated heterocycles. The van der Waals surface area contributed by atoms with Gasteiger partial charge in [0.2, 0.25) is 0 Å². The summed E-state index contributed by atoms with van der Waals surface area (Å²) in [5.74, 6) is 0.131. The fourth-order valence-electron chi connectivity index (χ4n) is 1.59. The minimum absolute atomic E-state index is 0.131. The zero-order valence-electron chi connectivity index (χ0n) is 6.32. The molecule has 1 saturated carbocycles. The van der Waals surface area contributed by atoms with Crippen LogP contribution >= 0.6 is 0 Å². The summed E-state index contributed by atoms with van der Waals surface area (Å²) < 4.78 is 25.4. The lowest BCUT2D eigenvalue weighted by molar-refractivity contribution is 0.0994. The van der Waals surface area contributed by atoms with Crippen molar-refractivity contribution in [2.24, 2.45) is 5.92 Å². The van der Waals surface area contributed by atoms with E-state index in [0.29, 0.717) is 6.42 Å². The Bertz CT molecular complexity index is 103. The summed E-state index contributed by atoms with van der Waals surface area (Å²) in [7, 11) is 0. The van der Waals surface area contributed by atoms with Crippen molar-refractivity contribution in [3.05, 3.63) is 0 Å². The molecule has 0 spiro atoms. The van der Waals surface area contributed by atoms with Crippen LogP contribution in [0.2, 0.25) is 0 Å². The highest BCUT2D eigenvalue weighted by atomic mass is 19.1. The van der Waals surface area contributed by atoms with Crippen molar-refractivity contribution in [3.63, 3.8) is 0 Å². The van der Waals surface area contributed by atoms with E-state index < -0.39 is 12.3 Å². The highest BCUT2D eigenvalue weighted by Crippen LogP contribution is 2.30. The Morgan fingerprint density at radius 3 is 2.50 bits per heavy atom. The Hall–Kier alpha value is -0.140. The molecule has 0 N–H and O–H groups in total. The minimum atomic E-state index is -0.881. The van der Waals surface area contributed by atoms with Crippen LogP contribution in [0.4, 0.5) is 8.78 Å². The minimum Gasteiger partial charge on any atom is -0.247 e. The van der Waals surface area contributed by atoms with Gasteiger partial charge in [-0.2, -0.15) is 0 Å². The van der Waals surface area contributed by atoms with Crippen LogP contribution in [0.1, 0.15) is 32.6 Å². The van der Waals surface area contributed by atoms with Gasteiger partial charge in [0.05, 0.1) is 0 Å². The van der Waals surface area contributed by atoms with Gasteiger partial charge in [-0.3, -0.25) is 0 Å². The maximum absolute atomic E-state index is 12.9. The largest absolute Gasteiger partial charge is 0.247 e. The third-order valence-corrected chi connectivity index (χ3v) is 2.37. The fraction of sp³-hybridized carbons (Fsp3) is 1.00. The van der Waals surface area contributed by atoms with Crippen molar-refractivity contribution in [2.75, 3.05) is 0 Å². The van der Waals surface area contributed by atoms with Crippen molar-refractivity contribution in [1.29, 1.82) is 0 Å². The lowest BCUT2D eigenvalue weighted by atomic mass is 9.85. The van der Waals surface area contributed by atoms with E-state index in [2.05, 4.69) is 0 Å². The van der Waals surface area contributed by atoms with Gasteiger partial charge in [-0.15, -0.1) is 0 Å². The topological polar surface area (TPSA) is 0 Å². The number of alkyl halides is 2. The van der Waals surface area contributed by atoms with Crippen molar-refractivity contribution >= 4 is 0 Å². The Morgan fingerprint density at radius 2 is 2.00 bits per heavy atom. The van der Waals surface area contributed by atoms with Crippen LogP contribution in [0.15, 0.2) is 0 Å². The van der Waals surface area contributed by atoms with Gasteiger partial charge >= 0.3 is 0 Å². The Labute approximate surface area is 60.6 Å². The van der Waals surface area contributed by atoms with Gasteiger partial charge in [0.1, 0.15) is 12.3 Å². The van der Waals surface area contributed by atoms with Crippen molar-refractivity contribution in [3.8, 4) is 0 Å². The Balaban J connectivity index is 2.36. The van der Waals surface area contributed by atoms with Crippen LogP contribution < -0.4 is 0 Å². The Morgan fingerprint density at radius 1 is 1.30 bits per heavy atom. The third kappa shape index (κ3) is 1.68. The maximum Gasteiger partial charge on any atom is 0.106 e. The summed E-state index contributed by atoms with van der Waals surface area (Å²) in [5, 5.41) is 0. The average Bonchev–Trinajstić information content (AvgIpc) is 1.88. The average molecular weight is 148 g/mol. The predicted molar refractivity (Wildman–Crippen MR) is 37.4 cm³/mol. The summed E-state index contributed by atoms with van der Waals surface area (Å²) in [6.07, 6.45) is 0.538. The summed E-state index contributed by atoms with van der Waals surface area (Å²) >= 11 is 0. The van der Waals surface area contributed by atoms with Crippen LogP contribution in [0.25, 0.3) is 0 Å². The van der Waals surface area contributed by atoms with Crippen molar-refractivity contribution in [2.45, 2.75) is 45.0 Å². The quantitative estimate of drug-likeness (QED) is 0.536. The van der Waals surface area contributed by atoms with Crippen LogP contribution in [-0.2, 0) is 0 Å². The first-order valence-electron chi connectivity index (χ1n) is 4.02. The molecule has 0 nitrogen and oxygen atoms in total. The second-order valence-corrected chi connectivity index (χ2v) is 3.09. The normalized spacial score (nSPS) is 41.7. The standard InChI is InChI=1S/C8H14F2/c1-2-6-3-4-7(9)5-8(6)10/h6-8H,2-5H2,1H3. The molecular formula is C8H14F2. The molecule has 60 valence electrons. The van der Waals surface area contributed by atoms with Gasteiger partial charge < -0.3 is 0 Å². The van der Waals surface area contributed by atoms with Gasteiger partial charge in [0, 0.05) is 6.42 Å². The molecule has 1 aliphatic rings. The first kappa shape index (κ1) is 7.96. The first-order chi connectivity index (χ1) is 4.74. The molecule has 0 aromatic heterocycles. The molecule has 0 aromatic carbocycles. The highest BCUT2D eigenvalue weighted by molar-refractivity contribution is 4.78. The third-order valence-electron chi connectivity index (χ3n) is 2.37. The molecule has 1 aliphatic carbocycles. The van der Waals surface area contributed by atoms with Gasteiger partial charge in [-0.1, -0.05) is 13.3 Å². The molecule has 0 heterocycles. The molecule has 0 amide bonds. The molecule has 10 heavy (non-hydrogen) atoms. The molecule has 0 bridgehead atoms. The van der Waals surface area contributed by atoms with E-state index in [0.717, 1.165) is 12.8 Å². The molecule has 1 fully saturated rings. The maximum atomic E-state index is 12.9. The van der Waals surface area contributed by atoms with E-state index in [4.69, 9.17) is 0 Å². The molecule has 0 aromatic rings. The number of hydrogen-bond donors (Lipinski definition) is 0. The lowest BCUT2D eigenvalue weighted by Gasteiger charge is -2.26. The van der Waals surface area contributed by atoms with Gasteiger partial charge in [0.15, 0.2) is 0 Å². The number of hydrogen-bond acceptors (Lipinski definition) is 0. The zero-order valence-corrected chi connectivity index (χ0v) is 6.32. The lowest BCUT2D eigenvalue weighted by Crippen LogP contribution is -2.26. The highest BCUT2D eigenvalue weighted by Gasteiger charge is 2.28. The summed E-state index contributed by atoms with van der Waals surface area (Å²) in [5.41, 5.74) is 0. The Kier molecular flexibility index (Phi) is 2.64. The summed E-state index contributed by atoms with van der Waals surface area (Å²) in [6, 6.07) is 0. The zero-order chi connectivity index (χ0) is 7.56. The summed E-state index contributed by atoms with van der Waals surface area (Å²) in [6.45, 7) is 1.97. The second kappa shape index (κ2) is 3.31.